The van der Waals surface area contributed by atoms with Gasteiger partial charge < -0.3 is 0 Å². The number of hydrogen-bond acceptors (Lipinski definition) is 4. The molecule has 2 aromatic carbocycles. The lowest BCUT2D eigenvalue weighted by Gasteiger charge is -2.01. The predicted octanol–water partition coefficient (Wildman–Crippen LogP) is 1.86. The molecule has 0 fully saturated rings. The number of primary sulfonamides is 1. The third-order valence-corrected chi connectivity index (χ3v) is 4.15. The van der Waals surface area contributed by atoms with Crippen LogP contribution in [0.15, 0.2) is 63.0 Å². The number of hydrazone groups is 1. The van der Waals surface area contributed by atoms with Crippen molar-refractivity contribution < 1.29 is 13.2 Å². The number of halogens is 1. The van der Waals surface area contributed by atoms with Gasteiger partial charge >= 0.3 is 0 Å². The lowest BCUT2D eigenvalue weighted by atomic mass is 10.2. The monoisotopic (exact) mass is 381 g/mol. The molecule has 0 aromatic heterocycles. The van der Waals surface area contributed by atoms with E-state index < -0.39 is 15.9 Å². The van der Waals surface area contributed by atoms with Gasteiger partial charge in [0, 0.05) is 10.0 Å². The summed E-state index contributed by atoms with van der Waals surface area (Å²) < 4.78 is 23.2. The van der Waals surface area contributed by atoms with E-state index in [4.69, 9.17) is 5.14 Å². The van der Waals surface area contributed by atoms with E-state index in [2.05, 4.69) is 26.5 Å². The van der Waals surface area contributed by atoms with Crippen LogP contribution < -0.4 is 10.6 Å². The van der Waals surface area contributed by atoms with Gasteiger partial charge in [-0.25, -0.2) is 19.0 Å². The second-order valence-electron chi connectivity index (χ2n) is 4.32. The fourth-order valence-electron chi connectivity index (χ4n) is 1.57. The Hall–Kier alpha value is -2.03. The van der Waals surface area contributed by atoms with Gasteiger partial charge in [-0.2, -0.15) is 5.10 Å². The fraction of sp³-hybridized carbons (Fsp3) is 0. The summed E-state index contributed by atoms with van der Waals surface area (Å²) in [6.45, 7) is 0. The third-order valence-electron chi connectivity index (χ3n) is 2.69. The van der Waals surface area contributed by atoms with Crippen LogP contribution in [-0.4, -0.2) is 20.5 Å². The highest BCUT2D eigenvalue weighted by atomic mass is 79.9. The van der Waals surface area contributed by atoms with E-state index in [9.17, 15) is 13.2 Å². The van der Waals surface area contributed by atoms with E-state index in [1.54, 1.807) is 0 Å². The quantitative estimate of drug-likeness (QED) is 0.623. The summed E-state index contributed by atoms with van der Waals surface area (Å²) in [5.41, 5.74) is 3.46. The Balaban J connectivity index is 2.02. The first-order valence-corrected chi connectivity index (χ1v) is 8.42. The SMILES string of the molecule is NS(=O)(=O)c1ccc(C(=O)N/N=C\c2ccc(Br)cc2)cc1. The molecule has 0 aliphatic heterocycles. The average Bonchev–Trinajstić information content (AvgIpc) is 2.48. The zero-order chi connectivity index (χ0) is 16.2. The normalized spacial score (nSPS) is 11.5. The number of hydrogen-bond donors (Lipinski definition) is 2. The predicted molar refractivity (Wildman–Crippen MR) is 87.0 cm³/mol. The number of nitrogens with zero attached hydrogens (tertiary/aromatic N) is 1. The van der Waals surface area contributed by atoms with Crippen molar-refractivity contribution in [2.75, 3.05) is 0 Å². The van der Waals surface area contributed by atoms with E-state index in [0.29, 0.717) is 0 Å². The van der Waals surface area contributed by atoms with Gasteiger partial charge in [0.2, 0.25) is 10.0 Å². The zero-order valence-corrected chi connectivity index (χ0v) is 13.6. The number of amides is 1. The number of carbonyl (C=O) groups is 1. The second-order valence-corrected chi connectivity index (χ2v) is 6.80. The van der Waals surface area contributed by atoms with Gasteiger partial charge in [-0.05, 0) is 42.0 Å². The molecule has 6 nitrogen and oxygen atoms in total. The third kappa shape index (κ3) is 4.48. The van der Waals surface area contributed by atoms with Gasteiger partial charge in [-0.15, -0.1) is 0 Å². The van der Waals surface area contributed by atoms with Crippen LogP contribution in [0, 0.1) is 0 Å². The van der Waals surface area contributed by atoms with Crippen LogP contribution in [0.4, 0.5) is 0 Å². The first kappa shape index (κ1) is 16.3. The Labute approximate surface area is 136 Å². The number of nitrogens with two attached hydrogens (primary N) is 1. The summed E-state index contributed by atoms with van der Waals surface area (Å²) in [7, 11) is -3.77. The summed E-state index contributed by atoms with van der Waals surface area (Å²) in [4.78, 5) is 11.8. The van der Waals surface area contributed by atoms with Crippen molar-refractivity contribution in [1.29, 1.82) is 0 Å². The van der Waals surface area contributed by atoms with Crippen molar-refractivity contribution in [3.05, 3.63) is 64.1 Å². The van der Waals surface area contributed by atoms with Crippen molar-refractivity contribution in [1.82, 2.24) is 5.43 Å². The smallest absolute Gasteiger partial charge is 0.267 e. The molecule has 0 spiro atoms. The molecule has 0 atom stereocenters. The minimum Gasteiger partial charge on any atom is -0.267 e. The Kier molecular flexibility index (Phi) is 5.07. The van der Waals surface area contributed by atoms with Gasteiger partial charge in [0.1, 0.15) is 0 Å². The molecule has 0 aliphatic rings. The van der Waals surface area contributed by atoms with Gasteiger partial charge in [0.15, 0.2) is 0 Å². The molecule has 1 amide bonds. The van der Waals surface area contributed by atoms with Crippen LogP contribution >= 0.6 is 15.9 Å². The molecule has 8 heteroatoms. The largest absolute Gasteiger partial charge is 0.271 e. The Bertz CT molecular complexity index is 800. The maximum atomic E-state index is 11.8. The Morgan fingerprint density at radius 2 is 1.68 bits per heavy atom. The van der Waals surface area contributed by atoms with E-state index in [1.807, 2.05) is 24.3 Å². The maximum Gasteiger partial charge on any atom is 0.271 e. The molecule has 2 aromatic rings. The highest BCUT2D eigenvalue weighted by Crippen LogP contribution is 2.10. The number of carbonyl (C=O) groups excluding carboxylic acids is 1. The molecule has 0 heterocycles. The van der Waals surface area contributed by atoms with Gasteiger partial charge in [0.05, 0.1) is 11.1 Å². The van der Waals surface area contributed by atoms with Crippen LogP contribution in [-0.2, 0) is 10.0 Å². The van der Waals surface area contributed by atoms with Crippen LogP contribution in [0.3, 0.4) is 0 Å². The number of benzene rings is 2. The molecule has 0 radical (unpaired) electrons. The van der Waals surface area contributed by atoms with Gasteiger partial charge in [-0.3, -0.25) is 4.79 Å². The Morgan fingerprint density at radius 1 is 1.09 bits per heavy atom. The molecular weight excluding hydrogens is 370 g/mol. The van der Waals surface area contributed by atoms with E-state index in [-0.39, 0.29) is 10.5 Å². The highest BCUT2D eigenvalue weighted by Gasteiger charge is 2.09. The topological polar surface area (TPSA) is 102 Å². The summed E-state index contributed by atoms with van der Waals surface area (Å²) in [5.74, 6) is -0.450. The molecule has 114 valence electrons. The molecule has 3 N–H and O–H groups in total. The molecule has 22 heavy (non-hydrogen) atoms. The lowest BCUT2D eigenvalue weighted by Crippen LogP contribution is -2.18. The molecule has 2 rings (SSSR count). The number of nitrogens with one attached hydrogen (secondary N) is 1. The van der Waals surface area contributed by atoms with Crippen LogP contribution in [0.5, 0.6) is 0 Å². The minimum atomic E-state index is -3.77. The number of sulfonamides is 1. The highest BCUT2D eigenvalue weighted by molar-refractivity contribution is 9.10. The molecule has 0 unspecified atom stereocenters. The summed E-state index contributed by atoms with van der Waals surface area (Å²) >= 11 is 3.32. The maximum absolute atomic E-state index is 11.8. The average molecular weight is 382 g/mol. The van der Waals surface area contributed by atoms with Crippen molar-refractivity contribution in [3.63, 3.8) is 0 Å². The molecule has 0 aliphatic carbocycles. The van der Waals surface area contributed by atoms with Crippen LogP contribution in [0.1, 0.15) is 15.9 Å². The molecule has 0 saturated heterocycles. The Morgan fingerprint density at radius 3 is 2.23 bits per heavy atom. The molecular formula is C14H12BrN3O3S. The van der Waals surface area contributed by atoms with Crippen LogP contribution in [0.2, 0.25) is 0 Å². The zero-order valence-electron chi connectivity index (χ0n) is 11.2. The minimum absolute atomic E-state index is 0.0533. The first-order chi connectivity index (χ1) is 10.4. The van der Waals surface area contributed by atoms with Gasteiger partial charge in [-0.1, -0.05) is 28.1 Å². The molecule has 0 saturated carbocycles. The van der Waals surface area contributed by atoms with E-state index in [0.717, 1.165) is 10.0 Å². The van der Waals surface area contributed by atoms with E-state index in [1.165, 1.54) is 30.5 Å². The standard InChI is InChI=1S/C14H12BrN3O3S/c15-12-5-1-10(2-6-12)9-17-18-14(19)11-3-7-13(8-4-11)22(16,20)21/h1-9H,(H,18,19)(H2,16,20,21)/b17-9-. The summed E-state index contributed by atoms with van der Waals surface area (Å²) in [5, 5.41) is 8.82. The lowest BCUT2D eigenvalue weighted by molar-refractivity contribution is 0.0955. The van der Waals surface area contributed by atoms with Crippen molar-refractivity contribution >= 4 is 38.1 Å². The summed E-state index contributed by atoms with van der Waals surface area (Å²) in [6, 6.07) is 12.6. The van der Waals surface area contributed by atoms with Crippen molar-refractivity contribution in [2.45, 2.75) is 4.90 Å². The fourth-order valence-corrected chi connectivity index (χ4v) is 2.35. The second kappa shape index (κ2) is 6.82. The van der Waals surface area contributed by atoms with Crippen molar-refractivity contribution in [2.24, 2.45) is 10.2 Å². The first-order valence-electron chi connectivity index (χ1n) is 6.08. The van der Waals surface area contributed by atoms with Crippen LogP contribution in [0.25, 0.3) is 0 Å². The van der Waals surface area contributed by atoms with E-state index >= 15 is 0 Å². The van der Waals surface area contributed by atoms with Gasteiger partial charge in [0.25, 0.3) is 5.91 Å². The van der Waals surface area contributed by atoms with Crippen molar-refractivity contribution in [3.8, 4) is 0 Å². The molecule has 0 bridgehead atoms. The summed E-state index contributed by atoms with van der Waals surface area (Å²) in [6.07, 6.45) is 1.50. The number of rotatable bonds is 4.